The van der Waals surface area contributed by atoms with E-state index in [9.17, 15) is 4.79 Å². The molecule has 108 valence electrons. The SMILES string of the molecule is NC(C(=O)O)C1CCN(c2ccc3c(c2)OCCO3)C1. The van der Waals surface area contributed by atoms with Crippen molar-refractivity contribution >= 4 is 11.7 Å². The van der Waals surface area contributed by atoms with Gasteiger partial charge in [0.1, 0.15) is 19.3 Å². The second kappa shape index (κ2) is 5.20. The lowest BCUT2D eigenvalue weighted by atomic mass is 10.0. The first-order valence-corrected chi connectivity index (χ1v) is 6.78. The first kappa shape index (κ1) is 13.1. The highest BCUT2D eigenvalue weighted by atomic mass is 16.6. The van der Waals surface area contributed by atoms with Gasteiger partial charge in [0.2, 0.25) is 0 Å². The molecule has 1 aromatic carbocycles. The number of carboxylic acid groups (broad SMARTS) is 1. The minimum atomic E-state index is -0.931. The lowest BCUT2D eigenvalue weighted by Crippen LogP contribution is -2.39. The molecule has 20 heavy (non-hydrogen) atoms. The monoisotopic (exact) mass is 278 g/mol. The number of nitrogens with two attached hydrogens (primary N) is 1. The van der Waals surface area contributed by atoms with E-state index in [1.165, 1.54) is 0 Å². The van der Waals surface area contributed by atoms with E-state index in [0.29, 0.717) is 19.8 Å². The molecule has 0 bridgehead atoms. The Kier molecular flexibility index (Phi) is 3.40. The van der Waals surface area contributed by atoms with Crippen LogP contribution < -0.4 is 20.1 Å². The van der Waals surface area contributed by atoms with E-state index in [1.807, 2.05) is 18.2 Å². The van der Waals surface area contributed by atoms with Gasteiger partial charge in [0.15, 0.2) is 11.5 Å². The largest absolute Gasteiger partial charge is 0.486 e. The Morgan fingerprint density at radius 2 is 2.10 bits per heavy atom. The van der Waals surface area contributed by atoms with Crippen molar-refractivity contribution in [3.63, 3.8) is 0 Å². The summed E-state index contributed by atoms with van der Waals surface area (Å²) in [5, 5.41) is 8.98. The summed E-state index contributed by atoms with van der Waals surface area (Å²) in [6.07, 6.45) is 0.794. The van der Waals surface area contributed by atoms with Gasteiger partial charge in [-0.05, 0) is 18.6 Å². The van der Waals surface area contributed by atoms with Crippen molar-refractivity contribution in [3.05, 3.63) is 18.2 Å². The van der Waals surface area contributed by atoms with Gasteiger partial charge in [-0.3, -0.25) is 4.79 Å². The Morgan fingerprint density at radius 1 is 1.35 bits per heavy atom. The van der Waals surface area contributed by atoms with E-state index in [0.717, 1.165) is 30.2 Å². The molecule has 2 heterocycles. The van der Waals surface area contributed by atoms with Gasteiger partial charge in [-0.25, -0.2) is 0 Å². The van der Waals surface area contributed by atoms with Crippen molar-refractivity contribution in [2.24, 2.45) is 11.7 Å². The van der Waals surface area contributed by atoms with E-state index < -0.39 is 12.0 Å². The molecule has 2 aliphatic rings. The fourth-order valence-electron chi connectivity index (χ4n) is 2.75. The summed E-state index contributed by atoms with van der Waals surface area (Å²) < 4.78 is 11.1. The van der Waals surface area contributed by atoms with Gasteiger partial charge in [-0.15, -0.1) is 0 Å². The Bertz CT molecular complexity index is 520. The summed E-state index contributed by atoms with van der Waals surface area (Å²) in [6.45, 7) is 2.60. The second-order valence-electron chi connectivity index (χ2n) is 5.19. The molecule has 0 radical (unpaired) electrons. The highest BCUT2D eigenvalue weighted by Gasteiger charge is 2.31. The maximum Gasteiger partial charge on any atom is 0.320 e. The molecule has 6 heteroatoms. The molecule has 3 rings (SSSR count). The fourth-order valence-corrected chi connectivity index (χ4v) is 2.75. The molecular weight excluding hydrogens is 260 g/mol. The zero-order valence-corrected chi connectivity index (χ0v) is 11.1. The lowest BCUT2D eigenvalue weighted by molar-refractivity contribution is -0.139. The van der Waals surface area contributed by atoms with Crippen LogP contribution in [-0.2, 0) is 4.79 Å². The molecule has 2 aliphatic heterocycles. The molecule has 2 unspecified atom stereocenters. The molecule has 6 nitrogen and oxygen atoms in total. The maximum absolute atomic E-state index is 10.9. The van der Waals surface area contributed by atoms with Crippen molar-refractivity contribution in [2.45, 2.75) is 12.5 Å². The third kappa shape index (κ3) is 2.38. The Labute approximate surface area is 117 Å². The van der Waals surface area contributed by atoms with Crippen molar-refractivity contribution in [1.29, 1.82) is 0 Å². The standard InChI is InChI=1S/C14H18N2O4/c15-13(14(17)18)9-3-4-16(8-9)10-1-2-11-12(7-10)20-6-5-19-11/h1-2,7,9,13H,3-6,8,15H2,(H,17,18). The molecule has 1 fully saturated rings. The Hall–Kier alpha value is -1.95. The summed E-state index contributed by atoms with van der Waals surface area (Å²) in [5.41, 5.74) is 6.72. The molecule has 2 atom stereocenters. The summed E-state index contributed by atoms with van der Waals surface area (Å²) in [7, 11) is 0. The summed E-state index contributed by atoms with van der Waals surface area (Å²) in [5.74, 6) is 0.567. The van der Waals surface area contributed by atoms with Crippen LogP contribution in [0.1, 0.15) is 6.42 Å². The van der Waals surface area contributed by atoms with Gasteiger partial charge in [0.05, 0.1) is 0 Å². The normalized spacial score (nSPS) is 22.6. The predicted molar refractivity (Wildman–Crippen MR) is 73.4 cm³/mol. The summed E-state index contributed by atoms with van der Waals surface area (Å²) in [6, 6.07) is 5.02. The average molecular weight is 278 g/mol. The van der Waals surface area contributed by atoms with E-state index >= 15 is 0 Å². The number of aliphatic carboxylic acids is 1. The highest BCUT2D eigenvalue weighted by molar-refractivity contribution is 5.74. The number of anilines is 1. The minimum absolute atomic E-state index is 0.0132. The van der Waals surface area contributed by atoms with Crippen molar-refractivity contribution in [1.82, 2.24) is 0 Å². The average Bonchev–Trinajstić information content (AvgIpc) is 2.95. The number of carboxylic acids is 1. The minimum Gasteiger partial charge on any atom is -0.486 e. The lowest BCUT2D eigenvalue weighted by Gasteiger charge is -2.23. The van der Waals surface area contributed by atoms with Crippen LogP contribution in [0, 0.1) is 5.92 Å². The van der Waals surface area contributed by atoms with Crippen molar-refractivity contribution in [3.8, 4) is 11.5 Å². The summed E-state index contributed by atoms with van der Waals surface area (Å²) >= 11 is 0. The van der Waals surface area contributed by atoms with Gasteiger partial charge in [-0.2, -0.15) is 0 Å². The first-order valence-electron chi connectivity index (χ1n) is 6.78. The van der Waals surface area contributed by atoms with Crippen molar-refractivity contribution < 1.29 is 19.4 Å². The van der Waals surface area contributed by atoms with Gasteiger partial charge in [0, 0.05) is 30.8 Å². The molecule has 1 saturated heterocycles. The molecule has 3 N–H and O–H groups in total. The third-order valence-electron chi connectivity index (χ3n) is 3.91. The number of hydrogen-bond donors (Lipinski definition) is 2. The van der Waals surface area contributed by atoms with Gasteiger partial charge in [-0.1, -0.05) is 0 Å². The molecule has 0 saturated carbocycles. The van der Waals surface area contributed by atoms with Crippen LogP contribution in [0.5, 0.6) is 11.5 Å². The number of nitrogens with zero attached hydrogens (tertiary/aromatic N) is 1. The number of hydrogen-bond acceptors (Lipinski definition) is 5. The third-order valence-corrected chi connectivity index (χ3v) is 3.91. The van der Waals surface area contributed by atoms with Crippen LogP contribution in [-0.4, -0.2) is 43.4 Å². The fraction of sp³-hybridized carbons (Fsp3) is 0.500. The van der Waals surface area contributed by atoms with Gasteiger partial charge in [0.25, 0.3) is 0 Å². The van der Waals surface area contributed by atoms with E-state index in [2.05, 4.69) is 4.90 Å². The number of ether oxygens (including phenoxy) is 2. The van der Waals surface area contributed by atoms with Crippen LogP contribution in [0.25, 0.3) is 0 Å². The van der Waals surface area contributed by atoms with Gasteiger partial charge >= 0.3 is 5.97 Å². The van der Waals surface area contributed by atoms with E-state index in [-0.39, 0.29) is 5.92 Å². The number of rotatable bonds is 3. The quantitative estimate of drug-likeness (QED) is 0.846. The second-order valence-corrected chi connectivity index (χ2v) is 5.19. The molecule has 0 spiro atoms. The van der Waals surface area contributed by atoms with Crippen LogP contribution in [0.2, 0.25) is 0 Å². The molecule has 1 aromatic rings. The van der Waals surface area contributed by atoms with E-state index in [4.69, 9.17) is 20.3 Å². The summed E-state index contributed by atoms with van der Waals surface area (Å²) in [4.78, 5) is 13.1. The number of carbonyl (C=O) groups is 1. The zero-order chi connectivity index (χ0) is 14.1. The van der Waals surface area contributed by atoms with Crippen LogP contribution in [0.4, 0.5) is 5.69 Å². The maximum atomic E-state index is 10.9. The number of fused-ring (bicyclic) bond motifs is 1. The van der Waals surface area contributed by atoms with Crippen LogP contribution >= 0.6 is 0 Å². The predicted octanol–water partition coefficient (Wildman–Crippen LogP) is 0.696. The van der Waals surface area contributed by atoms with Crippen LogP contribution in [0.3, 0.4) is 0 Å². The Morgan fingerprint density at radius 3 is 2.85 bits per heavy atom. The Balaban J connectivity index is 1.73. The smallest absolute Gasteiger partial charge is 0.320 e. The topological polar surface area (TPSA) is 85.0 Å². The van der Waals surface area contributed by atoms with Crippen LogP contribution in [0.15, 0.2) is 18.2 Å². The number of benzene rings is 1. The molecule has 0 aromatic heterocycles. The molecule has 0 aliphatic carbocycles. The van der Waals surface area contributed by atoms with Crippen molar-refractivity contribution in [2.75, 3.05) is 31.2 Å². The zero-order valence-electron chi connectivity index (χ0n) is 11.1. The molecular formula is C14H18N2O4. The molecule has 0 amide bonds. The first-order chi connectivity index (χ1) is 9.65. The van der Waals surface area contributed by atoms with E-state index in [1.54, 1.807) is 0 Å². The highest BCUT2D eigenvalue weighted by Crippen LogP contribution is 2.35. The van der Waals surface area contributed by atoms with Gasteiger partial charge < -0.3 is 25.2 Å².